The van der Waals surface area contributed by atoms with Crippen molar-refractivity contribution in [1.29, 1.82) is 0 Å². The first-order chi connectivity index (χ1) is 8.47. The van der Waals surface area contributed by atoms with Crippen molar-refractivity contribution in [3.63, 3.8) is 0 Å². The molecule has 0 heterocycles. The first-order valence-corrected chi connectivity index (χ1v) is 5.10. The molecule has 0 saturated heterocycles. The number of carbonyl (C=O) groups is 2. The Morgan fingerprint density at radius 2 is 1.74 bits per heavy atom. The zero-order valence-corrected chi connectivity index (χ0v) is 12.6. The minimum absolute atomic E-state index is 0. The van der Waals surface area contributed by atoms with Crippen LogP contribution in [0.25, 0.3) is 0 Å². The molecule has 0 aliphatic carbocycles. The molecule has 0 aromatic heterocycles. The summed E-state index contributed by atoms with van der Waals surface area (Å²) in [7, 11) is 0. The predicted octanol–water partition coefficient (Wildman–Crippen LogP) is -2.59. The maximum Gasteiger partial charge on any atom is 1.00 e. The molecule has 0 amide bonds. The third-order valence-corrected chi connectivity index (χ3v) is 1.88. The molecule has 7 heteroatoms. The number of benzene rings is 1. The normalized spacial score (nSPS) is 10.2. The molecule has 0 aliphatic heterocycles. The Hall–Kier alpha value is -1.21. The van der Waals surface area contributed by atoms with E-state index < -0.39 is 18.0 Å². The number of hydrogen-bond donors (Lipinski definition) is 3. The van der Waals surface area contributed by atoms with Crippen LogP contribution in [-0.2, 0) is 14.4 Å². The fraction of sp³-hybridized carbons (Fsp3) is 0.250. The second-order valence-electron chi connectivity index (χ2n) is 3.35. The van der Waals surface area contributed by atoms with Gasteiger partial charge < -0.3 is 20.7 Å². The van der Waals surface area contributed by atoms with E-state index >= 15 is 0 Å². The van der Waals surface area contributed by atoms with E-state index in [0.29, 0.717) is 5.56 Å². The van der Waals surface area contributed by atoms with Crippen LogP contribution in [0.15, 0.2) is 30.3 Å². The van der Waals surface area contributed by atoms with Gasteiger partial charge in [0.05, 0.1) is 6.29 Å². The number of carboxylic acid groups (broad SMARTS) is 2. The van der Waals surface area contributed by atoms with E-state index in [4.69, 9.17) is 15.9 Å². The molecule has 98 valence electrons. The van der Waals surface area contributed by atoms with Gasteiger partial charge in [0.15, 0.2) is 0 Å². The Morgan fingerprint density at radius 3 is 2.05 bits per heavy atom. The molecule has 6 nitrogen and oxygen atoms in total. The van der Waals surface area contributed by atoms with Crippen LogP contribution in [0.2, 0.25) is 0 Å². The Bertz CT molecular complexity index is 396. The summed E-state index contributed by atoms with van der Waals surface area (Å²) < 4.78 is 0. The predicted molar refractivity (Wildman–Crippen MR) is 63.7 cm³/mol. The van der Waals surface area contributed by atoms with E-state index in [1.54, 1.807) is 30.6 Å². The molecule has 1 atom stereocenters. The molecule has 1 rings (SSSR count). The second kappa shape index (κ2) is 11.9. The average molecular weight is 275 g/mol. The molecule has 0 aliphatic rings. The molecule has 19 heavy (non-hydrogen) atoms. The van der Waals surface area contributed by atoms with Gasteiger partial charge in [0, 0.05) is 6.42 Å². The minimum atomic E-state index is -1.17. The summed E-state index contributed by atoms with van der Waals surface area (Å²) in [6, 6.07) is 7.84. The quantitative estimate of drug-likeness (QED) is 0.401. The number of hydrogen-bond acceptors (Lipinski definition) is 4. The van der Waals surface area contributed by atoms with Gasteiger partial charge in [-0.25, -0.2) is 0 Å². The van der Waals surface area contributed by atoms with E-state index in [0.717, 1.165) is 0 Å². The third-order valence-electron chi connectivity index (χ3n) is 1.88. The van der Waals surface area contributed by atoms with Gasteiger partial charge in [-0.15, -0.1) is 12.1 Å². The Balaban J connectivity index is 0. The summed E-state index contributed by atoms with van der Waals surface area (Å²) in [5.74, 6) is -2.20. The molecule has 1 aromatic rings. The third kappa shape index (κ3) is 11.6. The SMILES string of the molecule is NC(CCC(=O)O)C(=O)O.O=[C-]c1ccccc1.[Na+]. The van der Waals surface area contributed by atoms with Gasteiger partial charge in [0.1, 0.15) is 6.04 Å². The first kappa shape index (κ1) is 20.1. The van der Waals surface area contributed by atoms with Crippen LogP contribution in [-0.4, -0.2) is 34.5 Å². The molecule has 1 unspecified atom stereocenters. The smallest absolute Gasteiger partial charge is 0.481 e. The maximum atomic E-state index is 9.99. The van der Waals surface area contributed by atoms with Gasteiger partial charge in [-0.2, -0.15) is 17.7 Å². The fourth-order valence-electron chi connectivity index (χ4n) is 0.909. The second-order valence-corrected chi connectivity index (χ2v) is 3.35. The summed E-state index contributed by atoms with van der Waals surface area (Å²) in [5.41, 5.74) is 5.61. The van der Waals surface area contributed by atoms with Gasteiger partial charge in [-0.3, -0.25) is 9.59 Å². The van der Waals surface area contributed by atoms with Crippen LogP contribution >= 0.6 is 0 Å². The Kier molecular flexibility index (Phi) is 12.6. The van der Waals surface area contributed by atoms with Crippen LogP contribution in [0.3, 0.4) is 0 Å². The number of nitrogens with two attached hydrogens (primary N) is 1. The molecule has 0 radical (unpaired) electrons. The molecular formula is C12H14NNaO5. The van der Waals surface area contributed by atoms with Gasteiger partial charge in [-0.1, -0.05) is 6.07 Å². The van der Waals surface area contributed by atoms with Gasteiger partial charge in [0.25, 0.3) is 0 Å². The summed E-state index contributed by atoms with van der Waals surface area (Å²) >= 11 is 0. The van der Waals surface area contributed by atoms with Gasteiger partial charge >= 0.3 is 41.5 Å². The van der Waals surface area contributed by atoms with Crippen molar-refractivity contribution in [2.45, 2.75) is 18.9 Å². The molecule has 0 fully saturated rings. The van der Waals surface area contributed by atoms with Crippen molar-refractivity contribution in [2.75, 3.05) is 0 Å². The van der Waals surface area contributed by atoms with Crippen LogP contribution in [0.5, 0.6) is 0 Å². The van der Waals surface area contributed by atoms with Gasteiger partial charge in [0.2, 0.25) is 0 Å². The maximum absolute atomic E-state index is 9.99. The average Bonchev–Trinajstić information content (AvgIpc) is 2.37. The summed E-state index contributed by atoms with van der Waals surface area (Å²) in [6.07, 6.45) is 1.55. The molecule has 4 N–H and O–H groups in total. The van der Waals surface area contributed by atoms with E-state index in [9.17, 15) is 14.4 Å². The molecular weight excluding hydrogens is 261 g/mol. The molecule has 0 saturated carbocycles. The van der Waals surface area contributed by atoms with Crippen molar-refractivity contribution in [3.8, 4) is 0 Å². The van der Waals surface area contributed by atoms with Crippen molar-refractivity contribution in [1.82, 2.24) is 0 Å². The van der Waals surface area contributed by atoms with Crippen molar-refractivity contribution < 1.29 is 54.2 Å². The Labute approximate surface area is 132 Å². The monoisotopic (exact) mass is 275 g/mol. The zero-order valence-electron chi connectivity index (χ0n) is 10.6. The van der Waals surface area contributed by atoms with Crippen molar-refractivity contribution >= 4 is 18.2 Å². The van der Waals surface area contributed by atoms with E-state index in [1.165, 1.54) is 0 Å². The topological polar surface area (TPSA) is 118 Å². The van der Waals surface area contributed by atoms with Crippen LogP contribution < -0.4 is 35.3 Å². The van der Waals surface area contributed by atoms with E-state index in [1.807, 2.05) is 6.07 Å². The van der Waals surface area contributed by atoms with Crippen LogP contribution in [0.4, 0.5) is 0 Å². The number of carboxylic acids is 2. The van der Waals surface area contributed by atoms with Crippen molar-refractivity contribution in [2.24, 2.45) is 5.73 Å². The summed E-state index contributed by atoms with van der Waals surface area (Å²) in [4.78, 5) is 29.8. The summed E-state index contributed by atoms with van der Waals surface area (Å²) in [6.45, 7) is 0. The van der Waals surface area contributed by atoms with Crippen LogP contribution in [0.1, 0.15) is 18.4 Å². The Morgan fingerprint density at radius 1 is 1.21 bits per heavy atom. The largest absolute Gasteiger partial charge is 1.00 e. The summed E-state index contributed by atoms with van der Waals surface area (Å²) in [5, 5.41) is 16.3. The van der Waals surface area contributed by atoms with E-state index in [2.05, 4.69) is 0 Å². The minimum Gasteiger partial charge on any atom is -0.481 e. The molecule has 0 bridgehead atoms. The fourth-order valence-corrected chi connectivity index (χ4v) is 0.909. The van der Waals surface area contributed by atoms with Crippen LogP contribution in [0, 0.1) is 0 Å². The molecule has 0 spiro atoms. The first-order valence-electron chi connectivity index (χ1n) is 5.10. The van der Waals surface area contributed by atoms with Crippen molar-refractivity contribution in [3.05, 3.63) is 35.9 Å². The zero-order chi connectivity index (χ0) is 14.0. The number of carbonyl (C=O) groups excluding carboxylic acids is 1. The van der Waals surface area contributed by atoms with E-state index in [-0.39, 0.29) is 42.4 Å². The standard InChI is InChI=1S/C7H5O.C5H9NO4.Na/c8-6-7-4-2-1-3-5-7;6-3(5(9)10)1-2-4(7)8;/h1-5H;3H,1-2,6H2,(H,7,8)(H,9,10);/q-1;;+1. The number of rotatable bonds is 5. The molecule has 1 aromatic carbocycles. The number of aliphatic carboxylic acids is 2. The van der Waals surface area contributed by atoms with Gasteiger partial charge in [-0.05, 0) is 6.42 Å².